The highest BCUT2D eigenvalue weighted by atomic mass is 35.5. The molecule has 0 spiro atoms. The first-order chi connectivity index (χ1) is 16.8. The van der Waals surface area contributed by atoms with E-state index >= 15 is 0 Å². The van der Waals surface area contributed by atoms with Crippen LogP contribution in [0.1, 0.15) is 24.1 Å². The zero-order chi connectivity index (χ0) is 26.7. The van der Waals surface area contributed by atoms with Crippen molar-refractivity contribution in [3.8, 4) is 0 Å². The van der Waals surface area contributed by atoms with Gasteiger partial charge in [0.05, 0.1) is 27.1 Å². The fourth-order valence-electron chi connectivity index (χ4n) is 3.32. The van der Waals surface area contributed by atoms with Crippen LogP contribution in [0, 0.1) is 10.1 Å². The number of benzene rings is 3. The number of alkyl halides is 3. The van der Waals surface area contributed by atoms with Crippen LogP contribution in [0.15, 0.2) is 77.7 Å². The summed E-state index contributed by atoms with van der Waals surface area (Å²) in [4.78, 5) is 22.6. The minimum absolute atomic E-state index is 0.334. The number of hydrogen-bond donors (Lipinski definition) is 1. The van der Waals surface area contributed by atoms with E-state index in [0.717, 1.165) is 30.3 Å². The summed E-state index contributed by atoms with van der Waals surface area (Å²) in [5.41, 5.74) is -1.60. The zero-order valence-corrected chi connectivity index (χ0v) is 20.1. The quantitative estimate of drug-likeness (QED) is 0.306. The topological polar surface area (TPSA) is 110 Å². The molecule has 1 N–H and O–H groups in total. The molecule has 0 bridgehead atoms. The van der Waals surface area contributed by atoms with Crippen molar-refractivity contribution in [2.24, 2.45) is 0 Å². The molecule has 0 heterocycles. The van der Waals surface area contributed by atoms with Gasteiger partial charge in [-0.15, -0.1) is 0 Å². The molecule has 0 radical (unpaired) electrons. The molecule has 3 rings (SSSR count). The number of nitro groups is 1. The number of rotatable bonds is 8. The molecule has 0 fully saturated rings. The van der Waals surface area contributed by atoms with Crippen LogP contribution in [0.5, 0.6) is 0 Å². The molecule has 3 aromatic carbocycles. The first kappa shape index (κ1) is 27.0. The predicted molar refractivity (Wildman–Crippen MR) is 127 cm³/mol. The first-order valence-electron chi connectivity index (χ1n) is 10.3. The van der Waals surface area contributed by atoms with E-state index in [2.05, 4.69) is 5.32 Å². The van der Waals surface area contributed by atoms with Gasteiger partial charge >= 0.3 is 6.18 Å². The Morgan fingerprint density at radius 3 is 2.36 bits per heavy atom. The molecule has 0 aliphatic heterocycles. The summed E-state index contributed by atoms with van der Waals surface area (Å²) in [7, 11) is -4.74. The average molecular weight is 542 g/mol. The van der Waals surface area contributed by atoms with E-state index in [1.54, 1.807) is 37.3 Å². The lowest BCUT2D eigenvalue weighted by atomic mass is 10.1. The molecular formula is C23H19ClF3N3O5S. The number of anilines is 1. The monoisotopic (exact) mass is 541 g/mol. The maximum atomic E-state index is 13.5. The number of nitro benzene ring substituents is 1. The van der Waals surface area contributed by atoms with E-state index in [0.29, 0.717) is 22.0 Å². The van der Waals surface area contributed by atoms with Crippen LogP contribution >= 0.6 is 11.6 Å². The summed E-state index contributed by atoms with van der Waals surface area (Å²) in [6, 6.07) is 14.2. The van der Waals surface area contributed by atoms with Gasteiger partial charge in [-0.1, -0.05) is 48.0 Å². The maximum Gasteiger partial charge on any atom is 0.416 e. The van der Waals surface area contributed by atoms with Crippen LogP contribution in [-0.2, 0) is 21.0 Å². The van der Waals surface area contributed by atoms with Crippen molar-refractivity contribution in [1.29, 1.82) is 0 Å². The third-order valence-corrected chi connectivity index (χ3v) is 7.22. The Morgan fingerprint density at radius 1 is 1.08 bits per heavy atom. The molecule has 0 unspecified atom stereocenters. The summed E-state index contributed by atoms with van der Waals surface area (Å²) >= 11 is 5.77. The number of nitrogens with zero attached hydrogens (tertiary/aromatic N) is 2. The van der Waals surface area contributed by atoms with Gasteiger partial charge in [-0.05, 0) is 42.8 Å². The Bertz CT molecular complexity index is 1390. The summed E-state index contributed by atoms with van der Waals surface area (Å²) in [6.45, 7) is 0.760. The van der Waals surface area contributed by atoms with Crippen LogP contribution in [0.2, 0.25) is 5.02 Å². The Morgan fingerprint density at radius 2 is 1.75 bits per heavy atom. The molecule has 0 saturated carbocycles. The average Bonchev–Trinajstić information content (AvgIpc) is 2.82. The zero-order valence-electron chi connectivity index (χ0n) is 18.6. The second-order valence-electron chi connectivity index (χ2n) is 7.63. The van der Waals surface area contributed by atoms with Crippen molar-refractivity contribution in [2.75, 3.05) is 10.8 Å². The third-order valence-electron chi connectivity index (χ3n) is 5.13. The molecule has 0 aliphatic rings. The van der Waals surface area contributed by atoms with Crippen LogP contribution < -0.4 is 9.62 Å². The van der Waals surface area contributed by atoms with E-state index in [4.69, 9.17) is 11.6 Å². The van der Waals surface area contributed by atoms with Gasteiger partial charge < -0.3 is 5.32 Å². The van der Waals surface area contributed by atoms with E-state index in [-0.39, 0.29) is 5.02 Å². The Balaban J connectivity index is 2.04. The van der Waals surface area contributed by atoms with Crippen LogP contribution in [0.3, 0.4) is 0 Å². The van der Waals surface area contributed by atoms with Crippen LogP contribution in [-0.4, -0.2) is 25.8 Å². The summed E-state index contributed by atoms with van der Waals surface area (Å²) in [5.74, 6) is -0.809. The Hall–Kier alpha value is -3.64. The molecular weight excluding hydrogens is 523 g/mol. The number of nitrogens with one attached hydrogen (secondary N) is 1. The van der Waals surface area contributed by atoms with Gasteiger partial charge in [0.15, 0.2) is 0 Å². The number of halogens is 4. The normalized spacial score (nSPS) is 12.6. The highest BCUT2D eigenvalue weighted by Gasteiger charge is 2.34. The van der Waals surface area contributed by atoms with Crippen molar-refractivity contribution in [3.05, 3.63) is 99.1 Å². The molecule has 13 heteroatoms. The highest BCUT2D eigenvalue weighted by Crippen LogP contribution is 2.34. The smallest absolute Gasteiger partial charge is 0.348 e. The molecule has 0 aliphatic carbocycles. The van der Waals surface area contributed by atoms with E-state index in [9.17, 15) is 36.5 Å². The third kappa shape index (κ3) is 6.13. The molecule has 8 nitrogen and oxygen atoms in total. The molecule has 190 valence electrons. The van der Waals surface area contributed by atoms with Gasteiger partial charge in [-0.2, -0.15) is 13.2 Å². The highest BCUT2D eigenvalue weighted by molar-refractivity contribution is 7.92. The van der Waals surface area contributed by atoms with Gasteiger partial charge in [0, 0.05) is 6.07 Å². The number of amides is 1. The van der Waals surface area contributed by atoms with Gasteiger partial charge in [0.2, 0.25) is 5.91 Å². The van der Waals surface area contributed by atoms with Crippen LogP contribution in [0.25, 0.3) is 0 Å². The molecule has 1 atom stereocenters. The number of hydrogen-bond acceptors (Lipinski definition) is 5. The Kier molecular flexibility index (Phi) is 7.89. The van der Waals surface area contributed by atoms with Crippen molar-refractivity contribution < 1.29 is 31.3 Å². The lowest BCUT2D eigenvalue weighted by molar-refractivity contribution is -0.384. The van der Waals surface area contributed by atoms with Crippen molar-refractivity contribution in [3.63, 3.8) is 0 Å². The molecule has 3 aromatic rings. The Labute approximate surface area is 209 Å². The van der Waals surface area contributed by atoms with Crippen molar-refractivity contribution >= 4 is 38.9 Å². The lowest BCUT2D eigenvalue weighted by Crippen LogP contribution is -2.41. The summed E-state index contributed by atoms with van der Waals surface area (Å²) in [5, 5.41) is 13.5. The fourth-order valence-corrected chi connectivity index (χ4v) is 4.94. The fraction of sp³-hybridized carbons (Fsp3) is 0.174. The van der Waals surface area contributed by atoms with Gasteiger partial charge in [0.1, 0.15) is 11.6 Å². The molecule has 0 saturated heterocycles. The van der Waals surface area contributed by atoms with Gasteiger partial charge in [-0.25, -0.2) is 8.42 Å². The molecule has 1 amide bonds. The summed E-state index contributed by atoms with van der Waals surface area (Å²) < 4.78 is 67.4. The van der Waals surface area contributed by atoms with Gasteiger partial charge in [-0.3, -0.25) is 19.2 Å². The largest absolute Gasteiger partial charge is 0.416 e. The van der Waals surface area contributed by atoms with Crippen molar-refractivity contribution in [2.45, 2.75) is 24.0 Å². The molecule has 0 aromatic heterocycles. The second kappa shape index (κ2) is 10.5. The number of carbonyl (C=O) groups excluding carboxylic acids is 1. The van der Waals surface area contributed by atoms with E-state index in [1.165, 1.54) is 0 Å². The SMILES string of the molecule is C[C@H](NC(=O)CN(c1cccc(C(F)(F)F)c1)S(=O)(=O)c1ccc(Cl)c([N+](=O)[O-])c1)c1ccccc1. The molecule has 36 heavy (non-hydrogen) atoms. The maximum absolute atomic E-state index is 13.5. The van der Waals surface area contributed by atoms with Crippen LogP contribution in [0.4, 0.5) is 24.5 Å². The second-order valence-corrected chi connectivity index (χ2v) is 9.90. The minimum Gasteiger partial charge on any atom is -0.348 e. The van der Waals surface area contributed by atoms with E-state index < -0.39 is 61.5 Å². The van der Waals surface area contributed by atoms with Gasteiger partial charge in [0.25, 0.3) is 15.7 Å². The van der Waals surface area contributed by atoms with E-state index in [1.807, 2.05) is 0 Å². The van der Waals surface area contributed by atoms with Crippen molar-refractivity contribution in [1.82, 2.24) is 5.32 Å². The lowest BCUT2D eigenvalue weighted by Gasteiger charge is -2.25. The first-order valence-corrected chi connectivity index (χ1v) is 12.1. The number of carbonyl (C=O) groups is 1. The predicted octanol–water partition coefficient (Wildman–Crippen LogP) is 5.34. The standard InChI is InChI=1S/C23H19ClF3N3O5S/c1-15(16-6-3-2-4-7-16)28-22(31)14-29(18-9-5-8-17(12-18)23(25,26)27)36(34,35)19-10-11-20(24)21(13-19)30(32)33/h2-13,15H,14H2,1H3,(H,28,31)/t15-/m0/s1. The number of sulfonamides is 1. The minimum atomic E-state index is -4.78. The summed E-state index contributed by atoms with van der Waals surface area (Å²) in [6.07, 6.45) is -4.78.